The molecule has 1 aromatic carbocycles. The number of anilines is 1. The predicted octanol–water partition coefficient (Wildman–Crippen LogP) is 3.46. The molecule has 1 heterocycles. The Kier molecular flexibility index (Phi) is 3.98. The van der Waals surface area contributed by atoms with Gasteiger partial charge in [0.1, 0.15) is 5.75 Å². The monoisotopic (exact) mass is 292 g/mol. The standard InChI is InChI=1S/C13H13BrN2O/c1-17-11-4-2-3-10(7-11)8-16-13-5-6-15-9-12(13)14/h2-7,9H,8H2,1H3,(H,15,16). The number of pyridine rings is 1. The first-order valence-corrected chi connectivity index (χ1v) is 6.05. The second-order valence-electron chi connectivity index (χ2n) is 3.56. The minimum absolute atomic E-state index is 0.750. The zero-order valence-electron chi connectivity index (χ0n) is 9.48. The van der Waals surface area contributed by atoms with Crippen molar-refractivity contribution in [3.63, 3.8) is 0 Å². The summed E-state index contributed by atoms with van der Waals surface area (Å²) in [5.74, 6) is 0.873. The van der Waals surface area contributed by atoms with Gasteiger partial charge in [-0.05, 0) is 39.7 Å². The van der Waals surface area contributed by atoms with Gasteiger partial charge in [0, 0.05) is 18.9 Å². The first-order valence-electron chi connectivity index (χ1n) is 5.26. The molecule has 0 amide bonds. The van der Waals surface area contributed by atoms with E-state index in [9.17, 15) is 0 Å². The summed E-state index contributed by atoms with van der Waals surface area (Å²) in [6.45, 7) is 0.750. The third-order valence-electron chi connectivity index (χ3n) is 2.39. The lowest BCUT2D eigenvalue weighted by atomic mass is 10.2. The Morgan fingerprint density at radius 2 is 2.24 bits per heavy atom. The van der Waals surface area contributed by atoms with Crippen LogP contribution in [0.2, 0.25) is 0 Å². The minimum Gasteiger partial charge on any atom is -0.497 e. The van der Waals surface area contributed by atoms with E-state index in [0.29, 0.717) is 0 Å². The van der Waals surface area contributed by atoms with Gasteiger partial charge >= 0.3 is 0 Å². The van der Waals surface area contributed by atoms with Crippen LogP contribution in [0.25, 0.3) is 0 Å². The van der Waals surface area contributed by atoms with E-state index in [-0.39, 0.29) is 0 Å². The zero-order valence-corrected chi connectivity index (χ0v) is 11.1. The summed E-state index contributed by atoms with van der Waals surface area (Å²) in [5.41, 5.74) is 2.20. The summed E-state index contributed by atoms with van der Waals surface area (Å²) in [6, 6.07) is 9.93. The van der Waals surface area contributed by atoms with Crippen LogP contribution < -0.4 is 10.1 Å². The molecule has 2 rings (SSSR count). The molecule has 0 bridgehead atoms. The summed E-state index contributed by atoms with van der Waals surface area (Å²) >= 11 is 3.45. The second kappa shape index (κ2) is 5.68. The summed E-state index contributed by atoms with van der Waals surface area (Å²) < 4.78 is 6.14. The molecule has 17 heavy (non-hydrogen) atoms. The Morgan fingerprint density at radius 3 is 3.00 bits per heavy atom. The lowest BCUT2D eigenvalue weighted by Crippen LogP contribution is -2.00. The van der Waals surface area contributed by atoms with Crippen molar-refractivity contribution in [1.82, 2.24) is 4.98 Å². The van der Waals surface area contributed by atoms with E-state index < -0.39 is 0 Å². The van der Waals surface area contributed by atoms with Gasteiger partial charge in [-0.25, -0.2) is 0 Å². The highest BCUT2D eigenvalue weighted by Crippen LogP contribution is 2.21. The van der Waals surface area contributed by atoms with E-state index in [1.165, 1.54) is 5.56 Å². The maximum absolute atomic E-state index is 5.18. The van der Waals surface area contributed by atoms with Crippen molar-refractivity contribution in [1.29, 1.82) is 0 Å². The third kappa shape index (κ3) is 3.20. The highest BCUT2D eigenvalue weighted by molar-refractivity contribution is 9.10. The van der Waals surface area contributed by atoms with Gasteiger partial charge in [0.05, 0.1) is 17.3 Å². The molecule has 1 aromatic heterocycles. The molecule has 0 radical (unpaired) electrons. The number of rotatable bonds is 4. The molecule has 88 valence electrons. The molecule has 0 atom stereocenters. The molecule has 3 nitrogen and oxygen atoms in total. The molecule has 4 heteroatoms. The summed E-state index contributed by atoms with van der Waals surface area (Å²) in [7, 11) is 1.67. The van der Waals surface area contributed by atoms with Gasteiger partial charge in [-0.1, -0.05) is 12.1 Å². The average molecular weight is 293 g/mol. The quantitative estimate of drug-likeness (QED) is 0.937. The molecule has 2 aromatic rings. The van der Waals surface area contributed by atoms with Crippen molar-refractivity contribution in [2.24, 2.45) is 0 Å². The van der Waals surface area contributed by atoms with Gasteiger partial charge in [-0.2, -0.15) is 0 Å². The van der Waals surface area contributed by atoms with E-state index >= 15 is 0 Å². The molecular weight excluding hydrogens is 280 g/mol. The van der Waals surface area contributed by atoms with Crippen LogP contribution in [-0.2, 0) is 6.54 Å². The summed E-state index contributed by atoms with van der Waals surface area (Å²) in [6.07, 6.45) is 3.53. The van der Waals surface area contributed by atoms with Gasteiger partial charge < -0.3 is 10.1 Å². The van der Waals surface area contributed by atoms with Crippen LogP contribution in [0.4, 0.5) is 5.69 Å². The largest absolute Gasteiger partial charge is 0.497 e. The van der Waals surface area contributed by atoms with Crippen LogP contribution in [0.5, 0.6) is 5.75 Å². The fourth-order valence-electron chi connectivity index (χ4n) is 1.50. The van der Waals surface area contributed by atoms with Gasteiger partial charge in [0.15, 0.2) is 0 Å². The molecule has 1 N–H and O–H groups in total. The number of aromatic nitrogens is 1. The van der Waals surface area contributed by atoms with Gasteiger partial charge in [0.25, 0.3) is 0 Å². The molecule has 0 saturated carbocycles. The van der Waals surface area contributed by atoms with E-state index in [1.54, 1.807) is 19.5 Å². The highest BCUT2D eigenvalue weighted by Gasteiger charge is 1.99. The normalized spacial score (nSPS) is 10.0. The number of nitrogens with one attached hydrogen (secondary N) is 1. The van der Waals surface area contributed by atoms with Crippen molar-refractivity contribution in [2.45, 2.75) is 6.54 Å². The number of methoxy groups -OCH3 is 1. The first-order chi connectivity index (χ1) is 8.29. The Labute approximate surface area is 109 Å². The van der Waals surface area contributed by atoms with Crippen LogP contribution >= 0.6 is 15.9 Å². The Morgan fingerprint density at radius 1 is 1.35 bits per heavy atom. The number of hydrogen-bond donors (Lipinski definition) is 1. The number of benzene rings is 1. The Hall–Kier alpha value is -1.55. The van der Waals surface area contributed by atoms with Gasteiger partial charge in [0.2, 0.25) is 0 Å². The fraction of sp³-hybridized carbons (Fsp3) is 0.154. The molecular formula is C13H13BrN2O. The molecule has 0 spiro atoms. The zero-order chi connectivity index (χ0) is 12.1. The molecule has 0 saturated heterocycles. The smallest absolute Gasteiger partial charge is 0.119 e. The van der Waals surface area contributed by atoms with Crippen LogP contribution in [-0.4, -0.2) is 12.1 Å². The average Bonchev–Trinajstić information content (AvgIpc) is 2.38. The van der Waals surface area contributed by atoms with Crippen LogP contribution in [0.3, 0.4) is 0 Å². The second-order valence-corrected chi connectivity index (χ2v) is 4.41. The molecule has 0 aliphatic rings. The minimum atomic E-state index is 0.750. The van der Waals surface area contributed by atoms with Crippen LogP contribution in [0, 0.1) is 0 Å². The lowest BCUT2D eigenvalue weighted by Gasteiger charge is -2.09. The van der Waals surface area contributed by atoms with Crippen LogP contribution in [0.15, 0.2) is 47.2 Å². The van der Waals surface area contributed by atoms with Crippen molar-refractivity contribution in [3.05, 3.63) is 52.8 Å². The number of nitrogens with zero attached hydrogens (tertiary/aromatic N) is 1. The molecule has 0 unspecified atom stereocenters. The molecule has 0 aliphatic carbocycles. The van der Waals surface area contributed by atoms with Crippen molar-refractivity contribution in [3.8, 4) is 5.75 Å². The molecule has 0 fully saturated rings. The third-order valence-corrected chi connectivity index (χ3v) is 3.02. The van der Waals surface area contributed by atoms with E-state index in [2.05, 4.69) is 32.3 Å². The van der Waals surface area contributed by atoms with E-state index in [0.717, 1.165) is 22.5 Å². The molecule has 0 aliphatic heterocycles. The Balaban J connectivity index is 2.05. The fourth-order valence-corrected chi connectivity index (χ4v) is 1.89. The summed E-state index contributed by atoms with van der Waals surface area (Å²) in [5, 5.41) is 3.34. The topological polar surface area (TPSA) is 34.1 Å². The van der Waals surface area contributed by atoms with E-state index in [1.807, 2.05) is 24.3 Å². The van der Waals surface area contributed by atoms with E-state index in [4.69, 9.17) is 4.74 Å². The van der Waals surface area contributed by atoms with Gasteiger partial charge in [-0.3, -0.25) is 4.98 Å². The maximum Gasteiger partial charge on any atom is 0.119 e. The SMILES string of the molecule is COc1cccc(CNc2ccncc2Br)c1. The van der Waals surface area contributed by atoms with Crippen molar-refractivity contribution < 1.29 is 4.74 Å². The van der Waals surface area contributed by atoms with Crippen molar-refractivity contribution in [2.75, 3.05) is 12.4 Å². The van der Waals surface area contributed by atoms with Crippen LogP contribution in [0.1, 0.15) is 5.56 Å². The Bertz CT molecular complexity index is 502. The lowest BCUT2D eigenvalue weighted by molar-refractivity contribution is 0.414. The number of halogens is 1. The predicted molar refractivity (Wildman–Crippen MR) is 72.3 cm³/mol. The van der Waals surface area contributed by atoms with Crippen molar-refractivity contribution >= 4 is 21.6 Å². The maximum atomic E-state index is 5.18. The highest BCUT2D eigenvalue weighted by atomic mass is 79.9. The first kappa shape index (κ1) is 11.9. The summed E-state index contributed by atoms with van der Waals surface area (Å²) in [4.78, 5) is 4.02. The van der Waals surface area contributed by atoms with Gasteiger partial charge in [-0.15, -0.1) is 0 Å². The number of hydrogen-bond acceptors (Lipinski definition) is 3. The number of ether oxygens (including phenoxy) is 1.